The summed E-state index contributed by atoms with van der Waals surface area (Å²) >= 11 is 0. The van der Waals surface area contributed by atoms with Crippen LogP contribution < -0.4 is 9.96 Å². The zero-order valence-electron chi connectivity index (χ0n) is 10.8. The summed E-state index contributed by atoms with van der Waals surface area (Å²) in [5.41, 5.74) is 0. The summed E-state index contributed by atoms with van der Waals surface area (Å²) < 4.78 is 2.70. The molecule has 90 valence electrons. The molecular formula is C11H27N3Si. The van der Waals surface area contributed by atoms with E-state index in [-0.39, 0.29) is 0 Å². The molecule has 0 heterocycles. The predicted octanol–water partition coefficient (Wildman–Crippen LogP) is 1.65. The molecule has 1 fully saturated rings. The first-order valence-electron chi connectivity index (χ1n) is 6.32. The van der Waals surface area contributed by atoms with E-state index in [1.54, 1.807) is 0 Å². The predicted molar refractivity (Wildman–Crippen MR) is 69.0 cm³/mol. The second-order valence-electron chi connectivity index (χ2n) is 4.65. The fraction of sp³-hybridized carbons (Fsp3) is 1.00. The van der Waals surface area contributed by atoms with Gasteiger partial charge in [0.15, 0.2) is 0 Å². The second kappa shape index (κ2) is 5.99. The van der Waals surface area contributed by atoms with E-state index in [1.807, 2.05) is 0 Å². The smallest absolute Gasteiger partial charge is 0.280 e. The van der Waals surface area contributed by atoms with Gasteiger partial charge in [0, 0.05) is 6.04 Å². The number of hydrogen-bond acceptors (Lipinski definition) is 3. The largest absolute Gasteiger partial charge is 0.316 e. The molecule has 0 aromatic heterocycles. The van der Waals surface area contributed by atoms with Gasteiger partial charge in [-0.2, -0.15) is 0 Å². The Morgan fingerprint density at radius 2 is 1.67 bits per heavy atom. The fourth-order valence-corrected chi connectivity index (χ4v) is 5.19. The average Bonchev–Trinajstić information content (AvgIpc) is 2.31. The minimum Gasteiger partial charge on any atom is -0.316 e. The molecule has 1 saturated carbocycles. The van der Waals surface area contributed by atoms with E-state index in [9.17, 15) is 0 Å². The Bertz CT molecular complexity index is 177. The molecule has 2 N–H and O–H groups in total. The molecule has 15 heavy (non-hydrogen) atoms. The van der Waals surface area contributed by atoms with Gasteiger partial charge in [-0.05, 0) is 40.0 Å². The summed E-state index contributed by atoms with van der Waals surface area (Å²) in [6, 6.07) is 0.806. The highest BCUT2D eigenvalue weighted by Gasteiger charge is 2.36. The van der Waals surface area contributed by atoms with Crippen LogP contribution in [0.5, 0.6) is 0 Å². The van der Waals surface area contributed by atoms with Gasteiger partial charge in [0.25, 0.3) is 8.56 Å². The van der Waals surface area contributed by atoms with Crippen LogP contribution in [-0.2, 0) is 0 Å². The van der Waals surface area contributed by atoms with Gasteiger partial charge in [-0.1, -0.05) is 26.2 Å². The van der Waals surface area contributed by atoms with Gasteiger partial charge in [0.2, 0.25) is 0 Å². The molecule has 3 nitrogen and oxygen atoms in total. The summed E-state index contributed by atoms with van der Waals surface area (Å²) in [4.78, 5) is 7.06. The number of nitrogens with zero attached hydrogens (tertiary/aromatic N) is 1. The first kappa shape index (κ1) is 13.2. The van der Waals surface area contributed by atoms with Crippen LogP contribution in [0, 0.1) is 0 Å². The zero-order valence-corrected chi connectivity index (χ0v) is 11.8. The van der Waals surface area contributed by atoms with Crippen LogP contribution >= 0.6 is 0 Å². The number of nitrogens with one attached hydrogen (secondary N) is 2. The van der Waals surface area contributed by atoms with Gasteiger partial charge >= 0.3 is 0 Å². The lowest BCUT2D eigenvalue weighted by Gasteiger charge is -2.44. The van der Waals surface area contributed by atoms with Crippen LogP contribution in [-0.4, -0.2) is 39.8 Å². The van der Waals surface area contributed by atoms with Gasteiger partial charge in [-0.3, -0.25) is 4.57 Å². The molecule has 0 atom stereocenters. The van der Waals surface area contributed by atoms with Crippen LogP contribution in [0.2, 0.25) is 6.55 Å². The molecule has 0 aromatic rings. The fourth-order valence-electron chi connectivity index (χ4n) is 2.74. The SMILES string of the molecule is CCN(C1CCCCC1)[Si](C)(NC)NC. The summed E-state index contributed by atoms with van der Waals surface area (Å²) in [7, 11) is 2.60. The Labute approximate surface area is 95.9 Å². The molecule has 0 spiro atoms. The number of rotatable bonds is 5. The highest BCUT2D eigenvalue weighted by atomic mass is 28.4. The minimum atomic E-state index is -1.58. The van der Waals surface area contributed by atoms with Crippen molar-refractivity contribution in [3.05, 3.63) is 0 Å². The van der Waals surface area contributed by atoms with Crippen LogP contribution in [0.3, 0.4) is 0 Å². The van der Waals surface area contributed by atoms with Crippen molar-refractivity contribution in [2.75, 3.05) is 20.6 Å². The Morgan fingerprint density at radius 1 is 1.13 bits per heavy atom. The molecule has 0 aromatic carbocycles. The lowest BCUT2D eigenvalue weighted by molar-refractivity contribution is 0.245. The van der Waals surface area contributed by atoms with E-state index in [0.29, 0.717) is 0 Å². The number of hydrogen-bond donors (Lipinski definition) is 2. The van der Waals surface area contributed by atoms with E-state index in [2.05, 4.69) is 42.1 Å². The van der Waals surface area contributed by atoms with Crippen molar-refractivity contribution >= 4 is 8.56 Å². The van der Waals surface area contributed by atoms with E-state index >= 15 is 0 Å². The first-order chi connectivity index (χ1) is 7.18. The third-order valence-corrected chi connectivity index (χ3v) is 7.68. The molecule has 0 radical (unpaired) electrons. The van der Waals surface area contributed by atoms with Crippen molar-refractivity contribution in [3.8, 4) is 0 Å². The molecule has 1 rings (SSSR count). The molecule has 0 amide bonds. The lowest BCUT2D eigenvalue weighted by Crippen LogP contribution is -2.71. The van der Waals surface area contributed by atoms with Gasteiger partial charge in [-0.15, -0.1) is 0 Å². The monoisotopic (exact) mass is 229 g/mol. The van der Waals surface area contributed by atoms with Crippen molar-refractivity contribution in [2.45, 2.75) is 51.6 Å². The van der Waals surface area contributed by atoms with E-state index in [4.69, 9.17) is 0 Å². The third kappa shape index (κ3) is 3.03. The molecule has 0 unspecified atom stereocenters. The molecule has 0 bridgehead atoms. The minimum absolute atomic E-state index is 0.806. The average molecular weight is 229 g/mol. The Kier molecular flexibility index (Phi) is 5.25. The molecular weight excluding hydrogens is 202 g/mol. The Hall–Kier alpha value is 0.0969. The highest BCUT2D eigenvalue weighted by Crippen LogP contribution is 2.24. The van der Waals surface area contributed by atoms with E-state index in [1.165, 1.54) is 32.1 Å². The topological polar surface area (TPSA) is 27.3 Å². The van der Waals surface area contributed by atoms with Gasteiger partial charge in [0.1, 0.15) is 0 Å². The first-order valence-corrected chi connectivity index (χ1v) is 8.77. The second-order valence-corrected chi connectivity index (χ2v) is 8.37. The van der Waals surface area contributed by atoms with Crippen LogP contribution in [0.15, 0.2) is 0 Å². The van der Waals surface area contributed by atoms with E-state index < -0.39 is 8.56 Å². The maximum atomic E-state index is 3.53. The molecule has 4 heteroatoms. The molecule has 1 aliphatic rings. The molecule has 0 saturated heterocycles. The van der Waals surface area contributed by atoms with Gasteiger partial charge in [0.05, 0.1) is 0 Å². The Balaban J connectivity index is 2.67. The third-order valence-electron chi connectivity index (χ3n) is 3.90. The maximum absolute atomic E-state index is 3.53. The van der Waals surface area contributed by atoms with E-state index in [0.717, 1.165) is 12.6 Å². The summed E-state index contributed by atoms with van der Waals surface area (Å²) in [6.07, 6.45) is 7.04. The maximum Gasteiger partial charge on any atom is 0.280 e. The van der Waals surface area contributed by atoms with Crippen LogP contribution in [0.4, 0.5) is 0 Å². The summed E-state index contributed by atoms with van der Waals surface area (Å²) in [5, 5.41) is 0. The zero-order chi connectivity index (χ0) is 11.3. The summed E-state index contributed by atoms with van der Waals surface area (Å²) in [5.74, 6) is 0. The highest BCUT2D eigenvalue weighted by molar-refractivity contribution is 6.70. The van der Waals surface area contributed by atoms with Gasteiger partial charge in [-0.25, -0.2) is 0 Å². The van der Waals surface area contributed by atoms with Gasteiger partial charge < -0.3 is 9.96 Å². The van der Waals surface area contributed by atoms with Crippen LogP contribution in [0.1, 0.15) is 39.0 Å². The quantitative estimate of drug-likeness (QED) is 0.702. The Morgan fingerprint density at radius 3 is 2.07 bits per heavy atom. The molecule has 1 aliphatic carbocycles. The normalized spacial score (nSPS) is 19.8. The lowest BCUT2D eigenvalue weighted by atomic mass is 9.95. The standard InChI is InChI=1S/C11H27N3Si/c1-5-14(15(4,12-2)13-3)11-9-7-6-8-10-11/h11-13H,5-10H2,1-4H3. The van der Waals surface area contributed by atoms with Crippen molar-refractivity contribution in [1.82, 2.24) is 14.5 Å². The van der Waals surface area contributed by atoms with Crippen LogP contribution in [0.25, 0.3) is 0 Å². The van der Waals surface area contributed by atoms with Crippen molar-refractivity contribution in [1.29, 1.82) is 0 Å². The van der Waals surface area contributed by atoms with Crippen molar-refractivity contribution < 1.29 is 0 Å². The van der Waals surface area contributed by atoms with Crippen molar-refractivity contribution in [2.24, 2.45) is 0 Å². The molecule has 0 aliphatic heterocycles. The summed E-state index contributed by atoms with van der Waals surface area (Å²) in [6.45, 7) is 5.81. The van der Waals surface area contributed by atoms with Crippen molar-refractivity contribution in [3.63, 3.8) is 0 Å².